The summed E-state index contributed by atoms with van der Waals surface area (Å²) in [4.78, 5) is 18.6. The Kier molecular flexibility index (Phi) is 6.21. The van der Waals surface area contributed by atoms with Crippen molar-refractivity contribution in [2.75, 3.05) is 42.6 Å². The number of thiophene rings is 1. The second kappa shape index (κ2) is 9.02. The van der Waals surface area contributed by atoms with E-state index in [2.05, 4.69) is 55.1 Å². The maximum absolute atomic E-state index is 13.6. The third kappa shape index (κ3) is 4.13. The summed E-state index contributed by atoms with van der Waals surface area (Å²) in [5, 5.41) is 1.16. The Morgan fingerprint density at radius 1 is 1.07 bits per heavy atom. The number of hydrogen-bond acceptors (Lipinski definition) is 4. The van der Waals surface area contributed by atoms with Crippen molar-refractivity contribution in [3.63, 3.8) is 0 Å². The van der Waals surface area contributed by atoms with Gasteiger partial charge in [0.1, 0.15) is 0 Å². The number of nitrogens with zero attached hydrogens (tertiary/aromatic N) is 2. The van der Waals surface area contributed by atoms with Crippen molar-refractivity contribution >= 4 is 27.9 Å². The highest BCUT2D eigenvalue weighted by atomic mass is 32.1. The van der Waals surface area contributed by atoms with Crippen molar-refractivity contribution in [2.24, 2.45) is 0 Å². The van der Waals surface area contributed by atoms with E-state index in [1.807, 2.05) is 30.0 Å². The van der Waals surface area contributed by atoms with Crippen molar-refractivity contribution in [3.8, 4) is 11.1 Å². The fraction of sp³-hybridized carbons (Fsp3) is 0.320. The smallest absolute Gasteiger partial charge is 0.268 e. The monoisotopic (exact) mass is 420 g/mol. The molecular formula is C25H28N2O2S. The third-order valence-corrected chi connectivity index (χ3v) is 6.71. The molecule has 1 aliphatic heterocycles. The van der Waals surface area contributed by atoms with Gasteiger partial charge in [0.15, 0.2) is 0 Å². The highest BCUT2D eigenvalue weighted by molar-refractivity contribution is 7.18. The predicted octanol–water partition coefficient (Wildman–Crippen LogP) is 5.54. The first kappa shape index (κ1) is 20.6. The van der Waals surface area contributed by atoms with E-state index >= 15 is 0 Å². The van der Waals surface area contributed by atoms with Crippen LogP contribution in [0.1, 0.15) is 27.7 Å². The summed E-state index contributed by atoms with van der Waals surface area (Å²) < 4.78 is 5.55. The molecule has 2 aromatic carbocycles. The molecule has 4 nitrogen and oxygen atoms in total. The molecule has 0 spiro atoms. The molecule has 1 saturated heterocycles. The topological polar surface area (TPSA) is 32.8 Å². The average molecular weight is 421 g/mol. The first-order valence-corrected chi connectivity index (χ1v) is 11.3. The van der Waals surface area contributed by atoms with Gasteiger partial charge in [-0.25, -0.2) is 0 Å². The first-order valence-electron chi connectivity index (χ1n) is 10.5. The molecule has 1 aromatic heterocycles. The molecule has 0 atom stereocenters. The summed E-state index contributed by atoms with van der Waals surface area (Å²) in [5.74, 6) is 0.0629. The Hall–Kier alpha value is -2.63. The van der Waals surface area contributed by atoms with Crippen molar-refractivity contribution in [3.05, 3.63) is 70.6 Å². The van der Waals surface area contributed by atoms with Gasteiger partial charge in [-0.1, -0.05) is 42.5 Å². The summed E-state index contributed by atoms with van der Waals surface area (Å²) in [6.07, 6.45) is 0. The Balaban J connectivity index is 1.75. The number of anilines is 2. The molecule has 0 unspecified atom stereocenters. The number of rotatable bonds is 5. The summed E-state index contributed by atoms with van der Waals surface area (Å²) in [7, 11) is 0. The Morgan fingerprint density at radius 2 is 1.80 bits per heavy atom. The molecule has 30 heavy (non-hydrogen) atoms. The maximum Gasteiger partial charge on any atom is 0.268 e. The number of benzene rings is 2. The molecule has 156 valence electrons. The van der Waals surface area contributed by atoms with Crippen LogP contribution in [-0.4, -0.2) is 38.8 Å². The minimum absolute atomic E-state index is 0.0629. The van der Waals surface area contributed by atoms with E-state index < -0.39 is 0 Å². The number of aryl methyl sites for hydroxylation is 2. The predicted molar refractivity (Wildman–Crippen MR) is 126 cm³/mol. The second-order valence-corrected chi connectivity index (χ2v) is 8.66. The molecule has 0 radical (unpaired) electrons. The number of carbonyl (C=O) groups excluding carboxylic acids is 1. The quantitative estimate of drug-likeness (QED) is 0.544. The van der Waals surface area contributed by atoms with Gasteiger partial charge in [-0.15, -0.1) is 11.3 Å². The minimum atomic E-state index is 0.0629. The lowest BCUT2D eigenvalue weighted by Gasteiger charge is -2.28. The van der Waals surface area contributed by atoms with Crippen LogP contribution in [0.2, 0.25) is 0 Å². The maximum atomic E-state index is 13.6. The van der Waals surface area contributed by atoms with Crippen LogP contribution >= 0.6 is 11.3 Å². The summed E-state index contributed by atoms with van der Waals surface area (Å²) >= 11 is 1.60. The van der Waals surface area contributed by atoms with Crippen molar-refractivity contribution in [1.82, 2.24) is 0 Å². The summed E-state index contributed by atoms with van der Waals surface area (Å²) in [6.45, 7) is 9.94. The number of hydrogen-bond donors (Lipinski definition) is 0. The standard InChI is InChI=1S/C25H28N2O2S/c1-4-27(22-16-18(2)10-11-19(22)3)24(28)23-17-21(20-8-6-5-7-9-20)25(30-23)26-12-14-29-15-13-26/h5-11,16-17H,4,12-15H2,1-3H3. The van der Waals surface area contributed by atoms with Crippen LogP contribution in [0.3, 0.4) is 0 Å². The van der Waals surface area contributed by atoms with Crippen LogP contribution in [0.4, 0.5) is 10.7 Å². The largest absolute Gasteiger partial charge is 0.378 e. The number of ether oxygens (including phenoxy) is 1. The van der Waals surface area contributed by atoms with Gasteiger partial charge in [0.2, 0.25) is 0 Å². The van der Waals surface area contributed by atoms with Gasteiger partial charge in [-0.05, 0) is 49.6 Å². The molecule has 0 aliphatic carbocycles. The average Bonchev–Trinajstić information content (AvgIpc) is 3.23. The molecule has 4 rings (SSSR count). The van der Waals surface area contributed by atoms with Gasteiger partial charge in [0.25, 0.3) is 5.91 Å². The molecule has 0 bridgehead atoms. The van der Waals surface area contributed by atoms with Crippen LogP contribution < -0.4 is 9.80 Å². The zero-order valence-corrected chi connectivity index (χ0v) is 18.7. The van der Waals surface area contributed by atoms with Crippen LogP contribution in [0.15, 0.2) is 54.6 Å². The van der Waals surface area contributed by atoms with Gasteiger partial charge in [0, 0.05) is 30.9 Å². The van der Waals surface area contributed by atoms with Crippen molar-refractivity contribution in [1.29, 1.82) is 0 Å². The van der Waals surface area contributed by atoms with Crippen LogP contribution in [0, 0.1) is 13.8 Å². The van der Waals surface area contributed by atoms with E-state index in [-0.39, 0.29) is 5.91 Å². The van der Waals surface area contributed by atoms with Crippen LogP contribution in [0.5, 0.6) is 0 Å². The fourth-order valence-corrected chi connectivity index (χ4v) is 5.06. The summed E-state index contributed by atoms with van der Waals surface area (Å²) in [6, 6.07) is 18.7. The minimum Gasteiger partial charge on any atom is -0.378 e. The first-order chi connectivity index (χ1) is 14.6. The lowest BCUT2D eigenvalue weighted by atomic mass is 10.1. The fourth-order valence-electron chi connectivity index (χ4n) is 3.88. The van der Waals surface area contributed by atoms with Gasteiger partial charge in [-0.2, -0.15) is 0 Å². The van der Waals surface area contributed by atoms with E-state index in [4.69, 9.17) is 4.74 Å². The highest BCUT2D eigenvalue weighted by Gasteiger charge is 2.25. The Labute approximate surface area is 182 Å². The van der Waals surface area contributed by atoms with E-state index in [0.717, 1.165) is 64.1 Å². The summed E-state index contributed by atoms with van der Waals surface area (Å²) in [5.41, 5.74) is 5.54. The molecule has 0 saturated carbocycles. The highest BCUT2D eigenvalue weighted by Crippen LogP contribution is 2.40. The van der Waals surface area contributed by atoms with Gasteiger partial charge >= 0.3 is 0 Å². The van der Waals surface area contributed by atoms with Gasteiger partial charge in [-0.3, -0.25) is 4.79 Å². The zero-order chi connectivity index (χ0) is 21.1. The second-order valence-electron chi connectivity index (χ2n) is 7.63. The van der Waals surface area contributed by atoms with Crippen molar-refractivity contribution < 1.29 is 9.53 Å². The van der Waals surface area contributed by atoms with Gasteiger partial charge < -0.3 is 14.5 Å². The molecule has 3 aromatic rings. The van der Waals surface area contributed by atoms with E-state index in [0.29, 0.717) is 6.54 Å². The Morgan fingerprint density at radius 3 is 2.50 bits per heavy atom. The molecule has 1 amide bonds. The molecule has 2 heterocycles. The number of carbonyl (C=O) groups is 1. The Bertz CT molecular complexity index is 1020. The molecule has 1 aliphatic rings. The van der Waals surface area contributed by atoms with Crippen LogP contribution in [0.25, 0.3) is 11.1 Å². The number of amides is 1. The number of morpholine rings is 1. The lowest BCUT2D eigenvalue weighted by Crippen LogP contribution is -2.36. The SMILES string of the molecule is CCN(C(=O)c1cc(-c2ccccc2)c(N2CCOCC2)s1)c1cc(C)ccc1C. The normalized spacial score (nSPS) is 14.0. The lowest BCUT2D eigenvalue weighted by molar-refractivity contribution is 0.0992. The molecule has 5 heteroatoms. The molecule has 1 fully saturated rings. The third-order valence-electron chi connectivity index (χ3n) is 5.52. The van der Waals surface area contributed by atoms with E-state index in [1.165, 1.54) is 0 Å². The van der Waals surface area contributed by atoms with Crippen LogP contribution in [-0.2, 0) is 4.74 Å². The van der Waals surface area contributed by atoms with E-state index in [9.17, 15) is 4.79 Å². The van der Waals surface area contributed by atoms with Crippen molar-refractivity contribution in [2.45, 2.75) is 20.8 Å². The van der Waals surface area contributed by atoms with Gasteiger partial charge in [0.05, 0.1) is 23.1 Å². The van der Waals surface area contributed by atoms with E-state index in [1.54, 1.807) is 11.3 Å². The molecular weight excluding hydrogens is 392 g/mol. The zero-order valence-electron chi connectivity index (χ0n) is 17.9. The molecule has 0 N–H and O–H groups in total.